The van der Waals surface area contributed by atoms with Crippen LogP contribution in [0.15, 0.2) is 201 Å². The maximum Gasteiger partial charge on any atom is 0.0467 e. The second kappa shape index (κ2) is 14.6. The van der Waals surface area contributed by atoms with Crippen LogP contribution in [0.5, 0.6) is 0 Å². The number of rotatable bonds is 9. The molecule has 1 aliphatic carbocycles. The van der Waals surface area contributed by atoms with E-state index in [1.165, 1.54) is 65.0 Å². The maximum atomic E-state index is 4.31. The average Bonchev–Trinajstić information content (AvgIpc) is 3.74. The van der Waals surface area contributed by atoms with Crippen molar-refractivity contribution in [3.05, 3.63) is 217 Å². The Labute approximate surface area is 334 Å². The third kappa shape index (κ3) is 6.42. The highest BCUT2D eigenvalue weighted by atomic mass is 32.1. The van der Waals surface area contributed by atoms with E-state index in [9.17, 15) is 0 Å². The molecule has 8 aromatic rings. The van der Waals surface area contributed by atoms with Crippen LogP contribution in [0.4, 0.5) is 17.1 Å². The third-order valence-electron chi connectivity index (χ3n) is 11.1. The Morgan fingerprint density at radius 1 is 0.554 bits per heavy atom. The summed E-state index contributed by atoms with van der Waals surface area (Å²) in [5, 5.41) is 1.39. The first-order chi connectivity index (χ1) is 27.4. The first kappa shape index (κ1) is 35.2. The van der Waals surface area contributed by atoms with E-state index in [1.807, 2.05) is 36.5 Å². The lowest BCUT2D eigenvalue weighted by Crippen LogP contribution is -2.15. The van der Waals surface area contributed by atoms with E-state index in [1.54, 1.807) is 0 Å². The van der Waals surface area contributed by atoms with Crippen molar-refractivity contribution in [1.82, 2.24) is 0 Å². The topological polar surface area (TPSA) is 3.24 Å². The van der Waals surface area contributed by atoms with Crippen molar-refractivity contribution in [2.45, 2.75) is 26.2 Å². The van der Waals surface area contributed by atoms with Crippen molar-refractivity contribution >= 4 is 44.1 Å². The van der Waals surface area contributed by atoms with Crippen molar-refractivity contribution in [1.29, 1.82) is 0 Å². The molecule has 0 fully saturated rings. The van der Waals surface area contributed by atoms with Crippen LogP contribution in [-0.4, -0.2) is 0 Å². The third-order valence-corrected chi connectivity index (χ3v) is 12.3. The molecular formula is C54H43NS. The van der Waals surface area contributed by atoms with Crippen LogP contribution in [0.1, 0.15) is 37.5 Å². The van der Waals surface area contributed by atoms with Gasteiger partial charge in [-0.05, 0) is 128 Å². The first-order valence-corrected chi connectivity index (χ1v) is 20.1. The van der Waals surface area contributed by atoms with Gasteiger partial charge in [0, 0.05) is 32.1 Å². The molecule has 1 heterocycles. The van der Waals surface area contributed by atoms with Crippen molar-refractivity contribution in [3.63, 3.8) is 0 Å². The van der Waals surface area contributed by atoms with Crippen LogP contribution in [0.3, 0.4) is 0 Å². The molecule has 0 aliphatic heterocycles. The lowest BCUT2D eigenvalue weighted by molar-refractivity contribution is 0.667. The Hall–Kier alpha value is -6.48. The number of thiophene rings is 1. The molecule has 0 spiro atoms. The van der Waals surface area contributed by atoms with Crippen LogP contribution >= 0.6 is 11.3 Å². The molecule has 56 heavy (non-hydrogen) atoms. The van der Waals surface area contributed by atoms with Gasteiger partial charge in [-0.25, -0.2) is 0 Å². The molecule has 1 aromatic heterocycles. The minimum Gasteiger partial charge on any atom is -0.310 e. The van der Waals surface area contributed by atoms with Crippen LogP contribution < -0.4 is 4.90 Å². The zero-order valence-electron chi connectivity index (χ0n) is 32.0. The van der Waals surface area contributed by atoms with Gasteiger partial charge in [0.1, 0.15) is 0 Å². The van der Waals surface area contributed by atoms with Crippen molar-refractivity contribution in [2.24, 2.45) is 0 Å². The van der Waals surface area contributed by atoms with Crippen LogP contribution in [-0.2, 0) is 5.41 Å². The van der Waals surface area contributed by atoms with Crippen LogP contribution in [0.2, 0.25) is 0 Å². The second-order valence-corrected chi connectivity index (χ2v) is 16.1. The molecule has 0 atom stereocenters. The van der Waals surface area contributed by atoms with E-state index >= 15 is 0 Å². The Bertz CT molecular complexity index is 2780. The van der Waals surface area contributed by atoms with Gasteiger partial charge in [-0.3, -0.25) is 0 Å². The summed E-state index contributed by atoms with van der Waals surface area (Å²) in [5.41, 5.74) is 16.8. The molecule has 0 saturated heterocycles. The SMILES string of the molecule is C=C(/C=C\C=C/C)c1ccc(N(c2ccc(-c3ccccc3)cc2)c2cccc(-c3cccc(-c4ccc5c(c4)C(C)(C)c4c-5sc5ccccc45)c3)c2)cc1. The molecule has 0 unspecified atom stereocenters. The van der Waals surface area contributed by atoms with Crippen molar-refractivity contribution in [2.75, 3.05) is 4.90 Å². The number of fused-ring (bicyclic) bond motifs is 5. The van der Waals surface area contributed by atoms with E-state index in [4.69, 9.17) is 0 Å². The number of hydrogen-bond acceptors (Lipinski definition) is 2. The van der Waals surface area contributed by atoms with Gasteiger partial charge in [0.15, 0.2) is 0 Å². The normalized spacial score (nSPS) is 13.0. The van der Waals surface area contributed by atoms with E-state index in [-0.39, 0.29) is 5.41 Å². The summed E-state index contributed by atoms with van der Waals surface area (Å²) >= 11 is 1.93. The van der Waals surface area contributed by atoms with Gasteiger partial charge in [-0.15, -0.1) is 11.3 Å². The average molecular weight is 738 g/mol. The number of benzene rings is 7. The van der Waals surface area contributed by atoms with Gasteiger partial charge < -0.3 is 4.90 Å². The lowest BCUT2D eigenvalue weighted by Gasteiger charge is -2.26. The van der Waals surface area contributed by atoms with Gasteiger partial charge in [0.05, 0.1) is 0 Å². The highest BCUT2D eigenvalue weighted by Crippen LogP contribution is 2.56. The predicted molar refractivity (Wildman–Crippen MR) is 243 cm³/mol. The fourth-order valence-electron chi connectivity index (χ4n) is 8.22. The number of hydrogen-bond donors (Lipinski definition) is 0. The molecule has 270 valence electrons. The fourth-order valence-corrected chi connectivity index (χ4v) is 9.62. The Morgan fingerprint density at radius 3 is 1.88 bits per heavy atom. The molecule has 0 bridgehead atoms. The quantitative estimate of drug-likeness (QED) is 0.133. The minimum absolute atomic E-state index is 0.0660. The highest BCUT2D eigenvalue weighted by Gasteiger charge is 2.38. The number of anilines is 3. The van der Waals surface area contributed by atoms with Crippen molar-refractivity contribution in [3.8, 4) is 43.8 Å². The van der Waals surface area contributed by atoms with Crippen LogP contribution in [0.25, 0.3) is 59.5 Å². The van der Waals surface area contributed by atoms with E-state index in [0.717, 1.165) is 28.2 Å². The Morgan fingerprint density at radius 2 is 1.14 bits per heavy atom. The minimum atomic E-state index is -0.0660. The van der Waals surface area contributed by atoms with E-state index < -0.39 is 0 Å². The Balaban J connectivity index is 1.07. The Kier molecular flexibility index (Phi) is 9.21. The molecule has 0 saturated carbocycles. The highest BCUT2D eigenvalue weighted by molar-refractivity contribution is 7.22. The fraction of sp³-hybridized carbons (Fsp3) is 0.0741. The van der Waals surface area contributed by atoms with Gasteiger partial charge in [0.2, 0.25) is 0 Å². The molecule has 2 heteroatoms. The molecular weight excluding hydrogens is 695 g/mol. The summed E-state index contributed by atoms with van der Waals surface area (Å²) in [7, 11) is 0. The monoisotopic (exact) mass is 737 g/mol. The zero-order chi connectivity index (χ0) is 38.2. The summed E-state index contributed by atoms with van der Waals surface area (Å²) in [5.74, 6) is 0. The predicted octanol–water partition coefficient (Wildman–Crippen LogP) is 15.8. The lowest BCUT2D eigenvalue weighted by atomic mass is 9.80. The van der Waals surface area contributed by atoms with E-state index in [2.05, 4.69) is 201 Å². The van der Waals surface area contributed by atoms with Gasteiger partial charge in [-0.1, -0.05) is 160 Å². The summed E-state index contributed by atoms with van der Waals surface area (Å²) in [6.45, 7) is 11.1. The molecule has 0 radical (unpaired) electrons. The smallest absolute Gasteiger partial charge is 0.0467 e. The van der Waals surface area contributed by atoms with Gasteiger partial charge in [0.25, 0.3) is 0 Å². The number of allylic oxidation sites excluding steroid dienone is 5. The van der Waals surface area contributed by atoms with Crippen LogP contribution in [0, 0.1) is 0 Å². The van der Waals surface area contributed by atoms with Crippen molar-refractivity contribution < 1.29 is 0 Å². The molecule has 0 amide bonds. The largest absolute Gasteiger partial charge is 0.310 e. The molecule has 1 aliphatic rings. The number of nitrogens with zero attached hydrogens (tertiary/aromatic N) is 1. The first-order valence-electron chi connectivity index (χ1n) is 19.3. The zero-order valence-corrected chi connectivity index (χ0v) is 32.9. The summed E-state index contributed by atoms with van der Waals surface area (Å²) in [6.07, 6.45) is 8.13. The standard InChI is InChI=1S/C54H43NS/c1-5-6-8-15-37(2)38-24-29-45(30-25-38)55(46-31-26-40(27-32-46)39-16-9-7-10-17-39)47-21-14-20-43(35-47)41-18-13-19-42(34-41)44-28-33-48-50(36-44)54(3,4)52-49-22-11-12-23-51(49)56-53(48)52/h5-36H,2H2,1,3-4H3/b6-5-,15-8-. The summed E-state index contributed by atoms with van der Waals surface area (Å²) < 4.78 is 1.37. The molecule has 7 aromatic carbocycles. The summed E-state index contributed by atoms with van der Waals surface area (Å²) in [4.78, 5) is 3.76. The summed E-state index contributed by atoms with van der Waals surface area (Å²) in [6, 6.07) is 62.0. The van der Waals surface area contributed by atoms with Gasteiger partial charge in [-0.2, -0.15) is 0 Å². The molecule has 1 nitrogen and oxygen atoms in total. The van der Waals surface area contributed by atoms with Gasteiger partial charge >= 0.3 is 0 Å². The maximum absolute atomic E-state index is 4.31. The van der Waals surface area contributed by atoms with E-state index in [0.29, 0.717) is 0 Å². The molecule has 0 N–H and O–H groups in total. The molecule has 9 rings (SSSR count). The second-order valence-electron chi connectivity index (χ2n) is 15.0.